The van der Waals surface area contributed by atoms with Gasteiger partial charge < -0.3 is 4.74 Å². The first kappa shape index (κ1) is 15.5. The molecule has 2 rings (SSSR count). The molecule has 1 aliphatic heterocycles. The van der Waals surface area contributed by atoms with Crippen molar-refractivity contribution in [3.63, 3.8) is 0 Å². The van der Waals surface area contributed by atoms with Crippen LogP contribution in [0.15, 0.2) is 12.3 Å². The average molecular weight is 290 g/mol. The smallest absolute Gasteiger partial charge is 0.414 e. The normalized spacial score (nSPS) is 16.6. The number of nitrogens with zero attached hydrogens (tertiary/aromatic N) is 2. The summed E-state index contributed by atoms with van der Waals surface area (Å²) in [7, 11) is 0. The van der Waals surface area contributed by atoms with Crippen LogP contribution in [0.1, 0.15) is 57.6 Å². The second kappa shape index (κ2) is 4.83. The lowest BCUT2D eigenvalue weighted by Crippen LogP contribution is -2.38. The molecule has 5 nitrogen and oxygen atoms in total. The number of ketones is 1. The zero-order chi connectivity index (χ0) is 16.0. The van der Waals surface area contributed by atoms with Gasteiger partial charge in [-0.25, -0.2) is 4.79 Å². The highest BCUT2D eigenvalue weighted by Crippen LogP contribution is 2.40. The maximum atomic E-state index is 12.4. The van der Waals surface area contributed by atoms with Gasteiger partial charge in [-0.15, -0.1) is 0 Å². The lowest BCUT2D eigenvalue weighted by Gasteiger charge is -2.26. The molecular weight excluding hydrogens is 268 g/mol. The number of aromatic nitrogens is 1. The molecule has 21 heavy (non-hydrogen) atoms. The second-order valence-electron chi connectivity index (χ2n) is 7.09. The molecule has 0 spiro atoms. The number of hydrogen-bond donors (Lipinski definition) is 0. The Kier molecular flexibility index (Phi) is 3.56. The monoisotopic (exact) mass is 290 g/mol. The summed E-state index contributed by atoms with van der Waals surface area (Å²) in [6.07, 6.45) is 1.30. The van der Waals surface area contributed by atoms with Crippen LogP contribution in [0.4, 0.5) is 10.5 Å². The topological polar surface area (TPSA) is 59.5 Å². The fourth-order valence-corrected chi connectivity index (χ4v) is 2.43. The van der Waals surface area contributed by atoms with Crippen LogP contribution in [0.5, 0.6) is 0 Å². The van der Waals surface area contributed by atoms with Crippen LogP contribution in [-0.4, -0.2) is 29.0 Å². The summed E-state index contributed by atoms with van der Waals surface area (Å²) in [5.41, 5.74) is 1.27. The molecule has 0 saturated heterocycles. The van der Waals surface area contributed by atoms with Crippen LogP contribution in [0, 0.1) is 0 Å². The van der Waals surface area contributed by atoms with E-state index in [0.29, 0.717) is 12.2 Å². The van der Waals surface area contributed by atoms with Gasteiger partial charge in [0.25, 0.3) is 0 Å². The molecule has 1 aliphatic rings. The summed E-state index contributed by atoms with van der Waals surface area (Å²) >= 11 is 0. The van der Waals surface area contributed by atoms with Gasteiger partial charge in [0.05, 0.1) is 5.69 Å². The zero-order valence-electron chi connectivity index (χ0n) is 13.5. The minimum absolute atomic E-state index is 0.119. The van der Waals surface area contributed by atoms with E-state index in [4.69, 9.17) is 4.74 Å². The van der Waals surface area contributed by atoms with Gasteiger partial charge in [0, 0.05) is 30.6 Å². The number of Topliss-reactive ketones (excluding diaryl/α,β-unsaturated/α-hetero) is 1. The van der Waals surface area contributed by atoms with Gasteiger partial charge in [-0.1, -0.05) is 13.8 Å². The maximum Gasteiger partial charge on any atom is 0.414 e. The number of carbonyl (C=O) groups excluding carboxylic acids is 2. The quantitative estimate of drug-likeness (QED) is 0.744. The number of pyridine rings is 1. The summed E-state index contributed by atoms with van der Waals surface area (Å²) in [6.45, 7) is 11.6. The molecule has 1 amide bonds. The summed E-state index contributed by atoms with van der Waals surface area (Å²) in [5, 5.41) is 0. The fraction of sp³-hybridized carbons (Fsp3) is 0.562. The molecule has 0 aliphatic carbocycles. The lowest BCUT2D eigenvalue weighted by molar-refractivity contribution is 0.0579. The summed E-state index contributed by atoms with van der Waals surface area (Å²) in [4.78, 5) is 29.7. The van der Waals surface area contributed by atoms with E-state index >= 15 is 0 Å². The Balaban J connectivity index is 2.43. The van der Waals surface area contributed by atoms with Crippen molar-refractivity contribution in [3.05, 3.63) is 23.5 Å². The van der Waals surface area contributed by atoms with Crippen molar-refractivity contribution >= 4 is 17.6 Å². The number of rotatable bonds is 1. The number of anilines is 1. The number of carbonyl (C=O) groups is 2. The largest absolute Gasteiger partial charge is 0.443 e. The molecule has 0 saturated carbocycles. The van der Waals surface area contributed by atoms with Crippen molar-refractivity contribution in [2.24, 2.45) is 0 Å². The van der Waals surface area contributed by atoms with Crippen molar-refractivity contribution in [3.8, 4) is 0 Å². The van der Waals surface area contributed by atoms with Gasteiger partial charge in [-0.3, -0.25) is 14.7 Å². The predicted molar refractivity (Wildman–Crippen MR) is 80.8 cm³/mol. The number of fused-ring (bicyclic) bond motifs is 1. The number of amides is 1. The Morgan fingerprint density at radius 1 is 1.33 bits per heavy atom. The van der Waals surface area contributed by atoms with Crippen LogP contribution in [0.25, 0.3) is 0 Å². The third-order valence-corrected chi connectivity index (χ3v) is 3.43. The standard InChI is InChI=1S/C16H22N2O3/c1-10(19)12-7-13-11(8-17-12)16(5,6)9-18(13)14(20)21-15(2,3)4/h7-8H,9H2,1-6H3. The maximum absolute atomic E-state index is 12.4. The molecule has 0 radical (unpaired) electrons. The molecule has 1 aromatic heterocycles. The van der Waals surface area contributed by atoms with E-state index in [-0.39, 0.29) is 11.2 Å². The highest BCUT2D eigenvalue weighted by atomic mass is 16.6. The molecule has 2 heterocycles. The van der Waals surface area contributed by atoms with E-state index in [0.717, 1.165) is 11.3 Å². The van der Waals surface area contributed by atoms with E-state index in [1.807, 2.05) is 34.6 Å². The van der Waals surface area contributed by atoms with E-state index in [2.05, 4.69) is 4.98 Å². The lowest BCUT2D eigenvalue weighted by atomic mass is 9.88. The van der Waals surface area contributed by atoms with Gasteiger partial charge >= 0.3 is 6.09 Å². The number of hydrogen-bond acceptors (Lipinski definition) is 4. The van der Waals surface area contributed by atoms with Crippen LogP contribution < -0.4 is 4.90 Å². The van der Waals surface area contributed by atoms with Crippen molar-refractivity contribution in [2.45, 2.75) is 52.6 Å². The summed E-state index contributed by atoms with van der Waals surface area (Å²) < 4.78 is 5.45. The zero-order valence-corrected chi connectivity index (χ0v) is 13.5. The minimum atomic E-state index is -0.555. The first-order valence-corrected chi connectivity index (χ1v) is 7.03. The first-order valence-electron chi connectivity index (χ1n) is 7.03. The fourth-order valence-electron chi connectivity index (χ4n) is 2.43. The van der Waals surface area contributed by atoms with Gasteiger partial charge in [-0.2, -0.15) is 0 Å². The third kappa shape index (κ3) is 3.06. The molecule has 114 valence electrons. The Hall–Kier alpha value is -1.91. The predicted octanol–water partition coefficient (Wildman–Crippen LogP) is 3.32. The van der Waals surface area contributed by atoms with E-state index < -0.39 is 11.7 Å². The van der Waals surface area contributed by atoms with Gasteiger partial charge in [-0.05, 0) is 26.8 Å². The Bertz CT molecular complexity index is 600. The molecule has 5 heteroatoms. The highest BCUT2D eigenvalue weighted by molar-refractivity contribution is 5.96. The van der Waals surface area contributed by atoms with E-state index in [9.17, 15) is 9.59 Å². The summed E-state index contributed by atoms with van der Waals surface area (Å²) in [6, 6.07) is 1.68. The SMILES string of the molecule is CC(=O)c1cc2c(cn1)C(C)(C)CN2C(=O)OC(C)(C)C. The highest BCUT2D eigenvalue weighted by Gasteiger charge is 2.40. The van der Waals surface area contributed by atoms with Crippen molar-refractivity contribution in [2.75, 3.05) is 11.4 Å². The molecule has 0 fully saturated rings. The minimum Gasteiger partial charge on any atom is -0.443 e. The number of ether oxygens (including phenoxy) is 1. The van der Waals surface area contributed by atoms with Gasteiger partial charge in [0.15, 0.2) is 5.78 Å². The summed E-state index contributed by atoms with van der Waals surface area (Å²) in [5.74, 6) is -0.119. The van der Waals surface area contributed by atoms with Crippen LogP contribution >= 0.6 is 0 Å². The Labute approximate surface area is 125 Å². The van der Waals surface area contributed by atoms with Crippen molar-refractivity contribution < 1.29 is 14.3 Å². The van der Waals surface area contributed by atoms with Crippen molar-refractivity contribution in [1.29, 1.82) is 0 Å². The molecule has 0 unspecified atom stereocenters. The van der Waals surface area contributed by atoms with Gasteiger partial charge in [0.2, 0.25) is 0 Å². The van der Waals surface area contributed by atoms with Crippen molar-refractivity contribution in [1.82, 2.24) is 4.98 Å². The molecule has 0 N–H and O–H groups in total. The van der Waals surface area contributed by atoms with Crippen LogP contribution in [0.2, 0.25) is 0 Å². The second-order valence-corrected chi connectivity index (χ2v) is 7.09. The van der Waals surface area contributed by atoms with Gasteiger partial charge in [0.1, 0.15) is 11.3 Å². The van der Waals surface area contributed by atoms with Crippen LogP contribution in [-0.2, 0) is 10.2 Å². The first-order chi connectivity index (χ1) is 9.51. The average Bonchev–Trinajstić information content (AvgIpc) is 2.59. The van der Waals surface area contributed by atoms with E-state index in [1.165, 1.54) is 6.92 Å². The van der Waals surface area contributed by atoms with Crippen LogP contribution in [0.3, 0.4) is 0 Å². The molecule has 0 aromatic carbocycles. The molecule has 1 aromatic rings. The molecular formula is C16H22N2O3. The Morgan fingerprint density at radius 3 is 2.48 bits per heavy atom. The molecule has 0 atom stereocenters. The Morgan fingerprint density at radius 2 is 1.95 bits per heavy atom. The third-order valence-electron chi connectivity index (χ3n) is 3.43. The van der Waals surface area contributed by atoms with E-state index in [1.54, 1.807) is 17.2 Å². The molecule has 0 bridgehead atoms.